The van der Waals surface area contributed by atoms with E-state index in [1.807, 2.05) is 13.8 Å². The summed E-state index contributed by atoms with van der Waals surface area (Å²) >= 11 is 0. The van der Waals surface area contributed by atoms with Crippen molar-refractivity contribution in [3.05, 3.63) is 59.2 Å². The molecular formula is C27H42O5. The van der Waals surface area contributed by atoms with Gasteiger partial charge in [-0.15, -0.1) is 0 Å². The number of ether oxygens (including phenoxy) is 2. The first-order chi connectivity index (χ1) is 13.8. The maximum Gasteiger partial charge on any atom is 0.303 e. The van der Waals surface area contributed by atoms with E-state index in [9.17, 15) is 9.59 Å². The lowest BCUT2D eigenvalue weighted by Gasteiger charge is -2.14. The molecule has 2 aromatic rings. The smallest absolute Gasteiger partial charge is 0.303 e. The lowest BCUT2D eigenvalue weighted by Crippen LogP contribution is -2.09. The third kappa shape index (κ3) is 9.99. The molecule has 2 aromatic carbocycles. The SMILES string of the molecule is C.C.C.CC(C)COc1ccc(C(=O)c2ccc(OCC(C)C)c(CCC(=O)O)c2)cc1. The van der Waals surface area contributed by atoms with Gasteiger partial charge in [-0.3, -0.25) is 9.59 Å². The molecule has 0 aliphatic rings. The summed E-state index contributed by atoms with van der Waals surface area (Å²) < 4.78 is 11.5. The van der Waals surface area contributed by atoms with Crippen LogP contribution in [0.4, 0.5) is 0 Å². The normalized spacial score (nSPS) is 9.94. The van der Waals surface area contributed by atoms with E-state index >= 15 is 0 Å². The van der Waals surface area contributed by atoms with Gasteiger partial charge < -0.3 is 14.6 Å². The first-order valence-corrected chi connectivity index (χ1v) is 10.0. The van der Waals surface area contributed by atoms with Gasteiger partial charge in [0.25, 0.3) is 0 Å². The van der Waals surface area contributed by atoms with Crippen LogP contribution < -0.4 is 9.47 Å². The lowest BCUT2D eigenvalue weighted by atomic mass is 9.98. The van der Waals surface area contributed by atoms with Gasteiger partial charge in [0.1, 0.15) is 11.5 Å². The Morgan fingerprint density at radius 2 is 1.34 bits per heavy atom. The molecule has 5 nitrogen and oxygen atoms in total. The molecule has 0 saturated heterocycles. The van der Waals surface area contributed by atoms with Crippen LogP contribution in [0.3, 0.4) is 0 Å². The number of aliphatic carboxylic acids is 1. The Balaban J connectivity index is 0. The summed E-state index contributed by atoms with van der Waals surface area (Å²) in [6, 6.07) is 12.3. The molecule has 0 saturated carbocycles. The third-order valence-electron chi connectivity index (χ3n) is 4.20. The fourth-order valence-corrected chi connectivity index (χ4v) is 2.69. The Hall–Kier alpha value is -2.82. The van der Waals surface area contributed by atoms with E-state index in [1.165, 1.54) is 0 Å². The lowest BCUT2D eigenvalue weighted by molar-refractivity contribution is -0.136. The minimum atomic E-state index is -0.881. The maximum atomic E-state index is 12.9. The zero-order valence-corrected chi connectivity index (χ0v) is 17.6. The van der Waals surface area contributed by atoms with Crippen LogP contribution >= 0.6 is 0 Å². The van der Waals surface area contributed by atoms with Gasteiger partial charge in [-0.2, -0.15) is 0 Å². The van der Waals surface area contributed by atoms with Crippen LogP contribution in [0.15, 0.2) is 42.5 Å². The monoisotopic (exact) mass is 446 g/mol. The first-order valence-electron chi connectivity index (χ1n) is 10.0. The third-order valence-corrected chi connectivity index (χ3v) is 4.20. The summed E-state index contributed by atoms with van der Waals surface area (Å²) in [6.07, 6.45) is 0.295. The molecular weight excluding hydrogens is 404 g/mol. The molecule has 0 heterocycles. The topological polar surface area (TPSA) is 72.8 Å². The number of hydrogen-bond donors (Lipinski definition) is 1. The quantitative estimate of drug-likeness (QED) is 0.380. The van der Waals surface area contributed by atoms with Crippen molar-refractivity contribution in [1.82, 2.24) is 0 Å². The first kappa shape index (κ1) is 31.4. The van der Waals surface area contributed by atoms with Gasteiger partial charge in [0.15, 0.2) is 5.78 Å². The Morgan fingerprint density at radius 1 is 0.812 bits per heavy atom. The molecule has 0 atom stereocenters. The van der Waals surface area contributed by atoms with Crippen molar-refractivity contribution >= 4 is 11.8 Å². The molecule has 0 amide bonds. The summed E-state index contributed by atoms with van der Waals surface area (Å²) in [7, 11) is 0. The molecule has 0 aliphatic heterocycles. The van der Waals surface area contributed by atoms with Crippen molar-refractivity contribution in [2.75, 3.05) is 13.2 Å². The second kappa shape index (κ2) is 15.1. The molecule has 0 radical (unpaired) electrons. The average Bonchev–Trinajstić information content (AvgIpc) is 2.69. The second-order valence-electron chi connectivity index (χ2n) is 7.98. The molecule has 0 fully saturated rings. The minimum Gasteiger partial charge on any atom is -0.493 e. The molecule has 0 aliphatic carbocycles. The summed E-state index contributed by atoms with van der Waals surface area (Å²) in [5, 5.41) is 9.02. The van der Waals surface area contributed by atoms with Crippen LogP contribution in [0.1, 0.15) is 77.9 Å². The van der Waals surface area contributed by atoms with Crippen molar-refractivity contribution in [2.24, 2.45) is 11.8 Å². The van der Waals surface area contributed by atoms with Crippen LogP contribution in [0, 0.1) is 11.8 Å². The van der Waals surface area contributed by atoms with Crippen molar-refractivity contribution in [3.8, 4) is 11.5 Å². The number of aryl methyl sites for hydroxylation is 1. The molecule has 2 rings (SSSR count). The van der Waals surface area contributed by atoms with E-state index in [2.05, 4.69) is 13.8 Å². The molecule has 180 valence electrons. The standard InChI is InChI=1S/C24H30O5.3CH4/c1-16(2)14-28-21-9-5-18(6-10-21)24(27)20-7-11-22(29-15-17(3)4)19(13-20)8-12-23(25)26;;;/h5-7,9-11,13,16-17H,8,12,14-15H2,1-4H3,(H,25,26);3*1H4. The van der Waals surface area contributed by atoms with Crippen molar-refractivity contribution in [1.29, 1.82) is 0 Å². The minimum absolute atomic E-state index is 0. The number of hydrogen-bond acceptors (Lipinski definition) is 4. The zero-order chi connectivity index (χ0) is 21.4. The van der Waals surface area contributed by atoms with Crippen molar-refractivity contribution in [3.63, 3.8) is 0 Å². The maximum absolute atomic E-state index is 12.9. The van der Waals surface area contributed by atoms with Crippen LogP contribution in [-0.2, 0) is 11.2 Å². The molecule has 0 spiro atoms. The summed E-state index contributed by atoms with van der Waals surface area (Å²) in [4.78, 5) is 23.9. The molecule has 32 heavy (non-hydrogen) atoms. The summed E-state index contributed by atoms with van der Waals surface area (Å²) in [5.41, 5.74) is 1.80. The van der Waals surface area contributed by atoms with Crippen molar-refractivity contribution in [2.45, 2.75) is 62.8 Å². The Bertz CT molecular complexity index is 822. The molecule has 5 heteroatoms. The average molecular weight is 447 g/mol. The number of benzene rings is 2. The highest BCUT2D eigenvalue weighted by atomic mass is 16.5. The number of carboxylic acid groups (broad SMARTS) is 1. The number of carboxylic acids is 1. The molecule has 1 N–H and O–H groups in total. The molecule has 0 bridgehead atoms. The van der Waals surface area contributed by atoms with Crippen LogP contribution in [-0.4, -0.2) is 30.1 Å². The highest BCUT2D eigenvalue weighted by Crippen LogP contribution is 2.25. The largest absolute Gasteiger partial charge is 0.493 e. The van der Waals surface area contributed by atoms with Crippen LogP contribution in [0.5, 0.6) is 11.5 Å². The predicted octanol–water partition coefficient (Wildman–Crippen LogP) is 6.91. The number of rotatable bonds is 11. The van der Waals surface area contributed by atoms with Crippen LogP contribution in [0.25, 0.3) is 0 Å². The van der Waals surface area contributed by atoms with Gasteiger partial charge in [0.05, 0.1) is 13.2 Å². The summed E-state index contributed by atoms with van der Waals surface area (Å²) in [6.45, 7) is 9.40. The van der Waals surface area contributed by atoms with E-state index in [4.69, 9.17) is 14.6 Å². The van der Waals surface area contributed by atoms with E-state index in [0.29, 0.717) is 48.3 Å². The Kier molecular flexibility index (Phi) is 14.8. The predicted molar refractivity (Wildman–Crippen MR) is 133 cm³/mol. The van der Waals surface area contributed by atoms with E-state index in [-0.39, 0.29) is 34.5 Å². The van der Waals surface area contributed by atoms with E-state index in [0.717, 1.165) is 11.3 Å². The number of carbonyl (C=O) groups excluding carboxylic acids is 1. The Morgan fingerprint density at radius 3 is 1.88 bits per heavy atom. The van der Waals surface area contributed by atoms with E-state index in [1.54, 1.807) is 42.5 Å². The highest BCUT2D eigenvalue weighted by Gasteiger charge is 2.14. The van der Waals surface area contributed by atoms with Crippen LogP contribution in [0.2, 0.25) is 0 Å². The number of carbonyl (C=O) groups is 2. The molecule has 0 aromatic heterocycles. The van der Waals surface area contributed by atoms with Gasteiger partial charge in [-0.05, 0) is 66.3 Å². The van der Waals surface area contributed by atoms with Gasteiger partial charge in [-0.25, -0.2) is 0 Å². The fourth-order valence-electron chi connectivity index (χ4n) is 2.69. The van der Waals surface area contributed by atoms with Crippen molar-refractivity contribution < 1.29 is 24.2 Å². The Labute approximate surface area is 194 Å². The highest BCUT2D eigenvalue weighted by molar-refractivity contribution is 6.09. The van der Waals surface area contributed by atoms with E-state index < -0.39 is 5.97 Å². The zero-order valence-electron chi connectivity index (χ0n) is 17.6. The number of ketones is 1. The van der Waals surface area contributed by atoms with Gasteiger partial charge in [0, 0.05) is 17.5 Å². The summed E-state index contributed by atoms with van der Waals surface area (Å²) in [5.74, 6) is 1.14. The molecule has 0 unspecified atom stereocenters. The van der Waals surface area contributed by atoms with Gasteiger partial charge in [0.2, 0.25) is 0 Å². The second-order valence-corrected chi connectivity index (χ2v) is 7.98. The fraction of sp³-hybridized carbons (Fsp3) is 0.481. The van der Waals surface area contributed by atoms with Gasteiger partial charge >= 0.3 is 5.97 Å². The van der Waals surface area contributed by atoms with Gasteiger partial charge in [-0.1, -0.05) is 50.0 Å².